The Morgan fingerprint density at radius 1 is 1.20 bits per heavy atom. The highest BCUT2D eigenvalue weighted by molar-refractivity contribution is 9.10. The number of halogens is 1. The Morgan fingerprint density at radius 2 is 2.05 bits per heavy atom. The van der Waals surface area contributed by atoms with Gasteiger partial charge in [0.15, 0.2) is 0 Å². The normalized spacial score (nSPS) is 17.4. The van der Waals surface area contributed by atoms with Crippen molar-refractivity contribution < 1.29 is 4.79 Å². The van der Waals surface area contributed by atoms with Gasteiger partial charge >= 0.3 is 0 Å². The molecular formula is C15H18BrN3O. The lowest BCUT2D eigenvalue weighted by molar-refractivity contribution is 0.0758. The Balaban J connectivity index is 1.84. The number of carbonyl (C=O) groups excluding carboxylic acids is 1. The maximum atomic E-state index is 12.6. The van der Waals surface area contributed by atoms with Crippen LogP contribution in [-0.4, -0.2) is 53.9 Å². The maximum absolute atomic E-state index is 12.6. The predicted octanol–water partition coefficient (Wildman–Crippen LogP) is 2.71. The molecule has 1 aliphatic rings. The molecule has 1 aromatic heterocycles. The molecule has 2 heterocycles. The summed E-state index contributed by atoms with van der Waals surface area (Å²) in [6, 6.07) is 7.95. The first-order valence-electron chi connectivity index (χ1n) is 6.89. The zero-order valence-corrected chi connectivity index (χ0v) is 13.1. The summed E-state index contributed by atoms with van der Waals surface area (Å²) in [6.45, 7) is 3.64. The van der Waals surface area contributed by atoms with E-state index in [0.717, 1.165) is 48.0 Å². The van der Waals surface area contributed by atoms with E-state index in [9.17, 15) is 4.79 Å². The lowest BCUT2D eigenvalue weighted by Crippen LogP contribution is -2.34. The topological polar surface area (TPSA) is 39.3 Å². The van der Waals surface area contributed by atoms with Crippen LogP contribution in [-0.2, 0) is 0 Å². The molecule has 0 spiro atoms. The lowest BCUT2D eigenvalue weighted by Gasteiger charge is -2.19. The van der Waals surface area contributed by atoms with Gasteiger partial charge in [-0.25, -0.2) is 0 Å². The van der Waals surface area contributed by atoms with E-state index < -0.39 is 0 Å². The predicted molar refractivity (Wildman–Crippen MR) is 84.0 cm³/mol. The van der Waals surface area contributed by atoms with Crippen LogP contribution in [0, 0.1) is 0 Å². The molecule has 1 amide bonds. The van der Waals surface area contributed by atoms with E-state index in [1.807, 2.05) is 29.2 Å². The first-order chi connectivity index (χ1) is 9.63. The number of aromatic nitrogens is 1. The van der Waals surface area contributed by atoms with Gasteiger partial charge in [-0.2, -0.15) is 0 Å². The summed E-state index contributed by atoms with van der Waals surface area (Å²) in [5.74, 6) is 0.104. The average molecular weight is 336 g/mol. The van der Waals surface area contributed by atoms with Crippen LogP contribution in [0.25, 0.3) is 10.9 Å². The van der Waals surface area contributed by atoms with Crippen molar-refractivity contribution in [1.29, 1.82) is 0 Å². The molecule has 0 aliphatic carbocycles. The molecule has 0 unspecified atom stereocenters. The first kappa shape index (κ1) is 13.6. The standard InChI is InChI=1S/C15H18BrN3O/c1-18-5-2-6-19(8-7-18)15(20)14-9-11-3-4-12(16)10-13(11)17-14/h3-4,9-10,17H,2,5-8H2,1H3. The van der Waals surface area contributed by atoms with Crippen LogP contribution in [0.1, 0.15) is 16.9 Å². The summed E-state index contributed by atoms with van der Waals surface area (Å²) in [5.41, 5.74) is 1.68. The molecule has 0 atom stereocenters. The van der Waals surface area contributed by atoms with Crippen molar-refractivity contribution in [3.8, 4) is 0 Å². The van der Waals surface area contributed by atoms with Gasteiger partial charge in [-0.1, -0.05) is 22.0 Å². The number of nitrogens with one attached hydrogen (secondary N) is 1. The fourth-order valence-electron chi connectivity index (χ4n) is 2.63. The molecular weight excluding hydrogens is 318 g/mol. The zero-order valence-electron chi connectivity index (χ0n) is 11.5. The van der Waals surface area contributed by atoms with Gasteiger partial charge in [-0.15, -0.1) is 0 Å². The van der Waals surface area contributed by atoms with Gasteiger partial charge in [0.25, 0.3) is 5.91 Å². The molecule has 1 N–H and O–H groups in total. The quantitative estimate of drug-likeness (QED) is 0.870. The number of carbonyl (C=O) groups is 1. The highest BCUT2D eigenvalue weighted by Crippen LogP contribution is 2.21. The molecule has 1 aliphatic heterocycles. The van der Waals surface area contributed by atoms with Gasteiger partial charge in [0, 0.05) is 35.0 Å². The second-order valence-corrected chi connectivity index (χ2v) is 6.28. The number of nitrogens with zero attached hydrogens (tertiary/aromatic N) is 2. The molecule has 20 heavy (non-hydrogen) atoms. The van der Waals surface area contributed by atoms with E-state index in [-0.39, 0.29) is 5.91 Å². The molecule has 2 aromatic rings. The van der Waals surface area contributed by atoms with Crippen molar-refractivity contribution in [2.75, 3.05) is 33.2 Å². The Kier molecular flexibility index (Phi) is 3.81. The Hall–Kier alpha value is -1.33. The molecule has 0 bridgehead atoms. The highest BCUT2D eigenvalue weighted by Gasteiger charge is 2.20. The van der Waals surface area contributed by atoms with Crippen molar-refractivity contribution in [2.45, 2.75) is 6.42 Å². The second-order valence-electron chi connectivity index (χ2n) is 5.36. The number of rotatable bonds is 1. The number of aromatic amines is 1. The molecule has 4 nitrogen and oxygen atoms in total. The third-order valence-corrected chi connectivity index (χ3v) is 4.31. The van der Waals surface area contributed by atoms with Gasteiger partial charge in [-0.3, -0.25) is 4.79 Å². The van der Waals surface area contributed by atoms with Crippen LogP contribution in [0.4, 0.5) is 0 Å². The number of H-pyrrole nitrogens is 1. The van der Waals surface area contributed by atoms with Crippen molar-refractivity contribution >= 4 is 32.7 Å². The SMILES string of the molecule is CN1CCCN(C(=O)c2cc3ccc(Br)cc3[nH]2)CC1. The monoisotopic (exact) mass is 335 g/mol. The van der Waals surface area contributed by atoms with Gasteiger partial charge in [0.2, 0.25) is 0 Å². The molecule has 1 saturated heterocycles. The lowest BCUT2D eigenvalue weighted by atomic mass is 10.2. The largest absolute Gasteiger partial charge is 0.350 e. The maximum Gasteiger partial charge on any atom is 0.270 e. The summed E-state index contributed by atoms with van der Waals surface area (Å²) in [7, 11) is 2.11. The van der Waals surface area contributed by atoms with Crippen LogP contribution < -0.4 is 0 Å². The minimum absolute atomic E-state index is 0.104. The van der Waals surface area contributed by atoms with Crippen LogP contribution in [0.2, 0.25) is 0 Å². The molecule has 106 valence electrons. The summed E-state index contributed by atoms with van der Waals surface area (Å²) >= 11 is 3.45. The number of likely N-dealkylation sites (N-methyl/N-ethyl adjacent to an activating group) is 1. The van der Waals surface area contributed by atoms with Gasteiger partial charge < -0.3 is 14.8 Å². The molecule has 5 heteroatoms. The first-order valence-corrected chi connectivity index (χ1v) is 7.69. The summed E-state index contributed by atoms with van der Waals surface area (Å²) < 4.78 is 1.02. The summed E-state index contributed by atoms with van der Waals surface area (Å²) in [6.07, 6.45) is 1.04. The fourth-order valence-corrected chi connectivity index (χ4v) is 3.00. The minimum Gasteiger partial charge on any atom is -0.350 e. The van der Waals surface area contributed by atoms with Gasteiger partial charge in [-0.05, 0) is 38.2 Å². The van der Waals surface area contributed by atoms with E-state index in [2.05, 4.69) is 32.9 Å². The molecule has 1 aromatic carbocycles. The van der Waals surface area contributed by atoms with Gasteiger partial charge in [0.1, 0.15) is 5.69 Å². The molecule has 0 radical (unpaired) electrons. The van der Waals surface area contributed by atoms with E-state index in [0.29, 0.717) is 5.69 Å². The third-order valence-electron chi connectivity index (χ3n) is 3.82. The molecule has 0 saturated carbocycles. The van der Waals surface area contributed by atoms with Gasteiger partial charge in [0.05, 0.1) is 0 Å². The van der Waals surface area contributed by atoms with E-state index >= 15 is 0 Å². The van der Waals surface area contributed by atoms with Crippen molar-refractivity contribution in [3.63, 3.8) is 0 Å². The minimum atomic E-state index is 0.104. The zero-order chi connectivity index (χ0) is 14.1. The Morgan fingerprint density at radius 3 is 2.90 bits per heavy atom. The van der Waals surface area contributed by atoms with Crippen LogP contribution in [0.3, 0.4) is 0 Å². The fraction of sp³-hybridized carbons (Fsp3) is 0.400. The van der Waals surface area contributed by atoms with E-state index in [4.69, 9.17) is 0 Å². The number of benzene rings is 1. The van der Waals surface area contributed by atoms with Crippen molar-refractivity contribution in [1.82, 2.24) is 14.8 Å². The number of amides is 1. The molecule has 1 fully saturated rings. The summed E-state index contributed by atoms with van der Waals surface area (Å²) in [5, 5.41) is 1.07. The average Bonchev–Trinajstić information content (AvgIpc) is 2.72. The second kappa shape index (κ2) is 5.58. The Bertz CT molecular complexity index is 637. The van der Waals surface area contributed by atoms with Crippen LogP contribution in [0.5, 0.6) is 0 Å². The van der Waals surface area contributed by atoms with E-state index in [1.54, 1.807) is 0 Å². The molecule has 3 rings (SSSR count). The number of hydrogen-bond donors (Lipinski definition) is 1. The van der Waals surface area contributed by atoms with E-state index in [1.165, 1.54) is 0 Å². The van der Waals surface area contributed by atoms with Crippen molar-refractivity contribution in [2.24, 2.45) is 0 Å². The Labute approximate surface area is 126 Å². The smallest absolute Gasteiger partial charge is 0.270 e. The third kappa shape index (κ3) is 2.74. The summed E-state index contributed by atoms with van der Waals surface area (Å²) in [4.78, 5) is 20.0. The van der Waals surface area contributed by atoms with Crippen LogP contribution in [0.15, 0.2) is 28.7 Å². The number of hydrogen-bond acceptors (Lipinski definition) is 2. The highest BCUT2D eigenvalue weighted by atomic mass is 79.9. The van der Waals surface area contributed by atoms with Crippen LogP contribution >= 0.6 is 15.9 Å². The van der Waals surface area contributed by atoms with Crippen molar-refractivity contribution in [3.05, 3.63) is 34.4 Å². The number of fused-ring (bicyclic) bond motifs is 1.